The van der Waals surface area contributed by atoms with Gasteiger partial charge in [0.2, 0.25) is 0 Å². The third kappa shape index (κ3) is 4.40. The number of aliphatic hydroxyl groups excluding tert-OH is 3. The molecule has 4 nitrogen and oxygen atoms in total. The van der Waals surface area contributed by atoms with Gasteiger partial charge in [-0.15, -0.1) is 0 Å². The summed E-state index contributed by atoms with van der Waals surface area (Å²) in [5, 5.41) is 46.1. The van der Waals surface area contributed by atoms with Crippen LogP contribution in [0.25, 0.3) is 0 Å². The third-order valence-electron chi connectivity index (χ3n) is 13.0. The van der Waals surface area contributed by atoms with E-state index in [1.165, 1.54) is 0 Å². The van der Waals surface area contributed by atoms with Crippen LogP contribution in [0.5, 0.6) is 0 Å². The summed E-state index contributed by atoms with van der Waals surface area (Å²) in [6, 6.07) is 20.1. The van der Waals surface area contributed by atoms with Gasteiger partial charge in [0.15, 0.2) is 0 Å². The van der Waals surface area contributed by atoms with E-state index in [9.17, 15) is 20.4 Å². The van der Waals surface area contributed by atoms with Gasteiger partial charge in [0.05, 0.1) is 18.3 Å². The normalized spacial score (nSPS) is 42.0. The van der Waals surface area contributed by atoms with Gasteiger partial charge >= 0.3 is 0 Å². The summed E-state index contributed by atoms with van der Waals surface area (Å²) < 4.78 is 0. The summed E-state index contributed by atoms with van der Waals surface area (Å²) in [6.07, 6.45) is 6.85. The number of benzene rings is 2. The number of aliphatic hydroxyl groups is 4. The van der Waals surface area contributed by atoms with Gasteiger partial charge in [-0.05, 0) is 115 Å². The minimum atomic E-state index is -1.05. The second-order valence-electron chi connectivity index (χ2n) is 14.6. The molecule has 0 bridgehead atoms. The Morgan fingerprint density at radius 1 is 0.825 bits per heavy atom. The molecule has 0 amide bonds. The fourth-order valence-corrected chi connectivity index (χ4v) is 10.7. The van der Waals surface area contributed by atoms with Crippen molar-refractivity contribution in [3.05, 3.63) is 71.8 Å². The van der Waals surface area contributed by atoms with Gasteiger partial charge in [-0.1, -0.05) is 81.4 Å². The van der Waals surface area contributed by atoms with Gasteiger partial charge in [-0.2, -0.15) is 0 Å². The van der Waals surface area contributed by atoms with Crippen LogP contribution in [0.3, 0.4) is 0 Å². The van der Waals surface area contributed by atoms with Crippen molar-refractivity contribution in [2.75, 3.05) is 0 Å². The van der Waals surface area contributed by atoms with Gasteiger partial charge < -0.3 is 20.4 Å². The molecule has 4 aliphatic carbocycles. The lowest BCUT2D eigenvalue weighted by molar-refractivity contribution is -0.207. The van der Waals surface area contributed by atoms with Crippen LogP contribution in [0.2, 0.25) is 0 Å². The molecule has 0 saturated heterocycles. The van der Waals surface area contributed by atoms with Gasteiger partial charge in [0.25, 0.3) is 0 Å². The van der Waals surface area contributed by atoms with Crippen LogP contribution in [0.1, 0.15) is 89.7 Å². The van der Waals surface area contributed by atoms with Crippen LogP contribution >= 0.6 is 0 Å². The van der Waals surface area contributed by atoms with Crippen molar-refractivity contribution in [2.24, 2.45) is 46.3 Å². The van der Waals surface area contributed by atoms with Gasteiger partial charge in [0, 0.05) is 0 Å². The highest BCUT2D eigenvalue weighted by molar-refractivity contribution is 5.35. The van der Waals surface area contributed by atoms with Crippen LogP contribution in [-0.4, -0.2) is 38.7 Å². The van der Waals surface area contributed by atoms with E-state index in [0.717, 1.165) is 62.5 Å². The molecule has 4 fully saturated rings. The van der Waals surface area contributed by atoms with E-state index in [4.69, 9.17) is 0 Å². The number of hydrogen-bond donors (Lipinski definition) is 4. The van der Waals surface area contributed by atoms with Crippen molar-refractivity contribution in [2.45, 2.75) is 102 Å². The van der Waals surface area contributed by atoms with E-state index in [-0.39, 0.29) is 35.1 Å². The second-order valence-corrected chi connectivity index (χ2v) is 14.6. The van der Waals surface area contributed by atoms with E-state index in [1.54, 1.807) is 0 Å². The van der Waals surface area contributed by atoms with Crippen molar-refractivity contribution >= 4 is 0 Å². The van der Waals surface area contributed by atoms with Crippen LogP contribution in [-0.2, 0) is 5.60 Å². The second kappa shape index (κ2) is 10.5. The van der Waals surface area contributed by atoms with Gasteiger partial charge in [-0.25, -0.2) is 0 Å². The minimum absolute atomic E-state index is 0.0942. The first-order valence-electron chi connectivity index (χ1n) is 16.0. The molecule has 0 aliphatic heterocycles. The van der Waals surface area contributed by atoms with Crippen molar-refractivity contribution in [1.29, 1.82) is 0 Å². The zero-order valence-corrected chi connectivity index (χ0v) is 24.6. The number of hydrogen-bond acceptors (Lipinski definition) is 4. The first-order valence-corrected chi connectivity index (χ1v) is 16.0. The molecule has 11 atom stereocenters. The lowest BCUT2D eigenvalue weighted by Gasteiger charge is -2.63. The average Bonchev–Trinajstić information content (AvgIpc) is 3.32. The average molecular weight is 547 g/mol. The lowest BCUT2D eigenvalue weighted by Crippen LogP contribution is -2.62. The van der Waals surface area contributed by atoms with Crippen molar-refractivity contribution in [3.63, 3.8) is 0 Å². The van der Waals surface area contributed by atoms with Crippen LogP contribution in [0, 0.1) is 46.3 Å². The fraction of sp³-hybridized carbons (Fsp3) is 0.667. The Bertz CT molecular complexity index is 1110. The number of rotatable bonds is 6. The number of fused-ring (bicyclic) bond motifs is 5. The molecule has 6 rings (SSSR count). The van der Waals surface area contributed by atoms with E-state index < -0.39 is 5.60 Å². The topological polar surface area (TPSA) is 80.9 Å². The molecule has 0 heterocycles. The molecule has 218 valence electrons. The SMILES string of the molecule is C[C@@H](CCC(O)(c1ccccc1)c1ccccc1)[C@@H]1CC[C@H]2[C@H]3[C@H](O)C[C@H]4C[C@H](O)CC[C@]4(C)[C@@H]3C[C@H](O)[C@@]21C. The third-order valence-corrected chi connectivity index (χ3v) is 13.0. The fourth-order valence-electron chi connectivity index (χ4n) is 10.7. The minimum Gasteiger partial charge on any atom is -0.393 e. The van der Waals surface area contributed by atoms with Crippen LogP contribution in [0.15, 0.2) is 60.7 Å². The molecule has 2 aromatic rings. The van der Waals surface area contributed by atoms with Gasteiger partial charge in [-0.3, -0.25) is 0 Å². The highest BCUT2D eigenvalue weighted by Crippen LogP contribution is 2.68. The first-order chi connectivity index (χ1) is 19.1. The van der Waals surface area contributed by atoms with E-state index in [2.05, 4.69) is 20.8 Å². The van der Waals surface area contributed by atoms with Crippen LogP contribution in [0.4, 0.5) is 0 Å². The smallest absolute Gasteiger partial charge is 0.115 e. The summed E-state index contributed by atoms with van der Waals surface area (Å²) in [6.45, 7) is 7.04. The Balaban J connectivity index is 1.24. The van der Waals surface area contributed by atoms with Crippen molar-refractivity contribution in [1.82, 2.24) is 0 Å². The van der Waals surface area contributed by atoms with E-state index in [0.29, 0.717) is 36.0 Å². The highest BCUT2D eigenvalue weighted by Gasteiger charge is 2.65. The molecule has 4 heteroatoms. The van der Waals surface area contributed by atoms with E-state index >= 15 is 0 Å². The Labute approximate surface area is 240 Å². The first kappa shape index (κ1) is 28.4. The molecule has 0 radical (unpaired) electrons. The maximum absolute atomic E-state index is 12.1. The predicted molar refractivity (Wildman–Crippen MR) is 158 cm³/mol. The largest absolute Gasteiger partial charge is 0.393 e. The summed E-state index contributed by atoms with van der Waals surface area (Å²) >= 11 is 0. The quantitative estimate of drug-likeness (QED) is 0.343. The molecule has 4 aliphatic rings. The standard InChI is InChI=1S/C36H50O4/c1-23(16-19-36(40,24-10-6-4-7-11-24)25-12-8-5-9-13-25)28-14-15-29-33-30(22-32(39)35(28,29)3)34(2)18-17-27(37)20-26(34)21-31(33)38/h4-13,23,26-33,37-40H,14-22H2,1-3H3/t23-,26+,27+,28-,29-,30+,31+,32-,33+,34-,35+/m0/s1. The maximum atomic E-state index is 12.1. The zero-order valence-electron chi connectivity index (χ0n) is 24.6. The summed E-state index contributed by atoms with van der Waals surface area (Å²) in [4.78, 5) is 0. The molecule has 4 saturated carbocycles. The Morgan fingerprint density at radius 3 is 2.08 bits per heavy atom. The Morgan fingerprint density at radius 2 is 1.45 bits per heavy atom. The summed E-state index contributed by atoms with van der Waals surface area (Å²) in [7, 11) is 0. The van der Waals surface area contributed by atoms with Crippen LogP contribution < -0.4 is 0 Å². The predicted octanol–water partition coefficient (Wildman–Crippen LogP) is 6.30. The lowest BCUT2D eigenvalue weighted by atomic mass is 9.43. The molecule has 0 aromatic heterocycles. The molecule has 4 N–H and O–H groups in total. The molecular formula is C36H50O4. The molecule has 2 aromatic carbocycles. The molecule has 40 heavy (non-hydrogen) atoms. The van der Waals surface area contributed by atoms with E-state index in [1.807, 2.05) is 60.7 Å². The zero-order chi connectivity index (χ0) is 28.3. The molecule has 0 spiro atoms. The highest BCUT2D eigenvalue weighted by atomic mass is 16.3. The monoisotopic (exact) mass is 546 g/mol. The summed E-state index contributed by atoms with van der Waals surface area (Å²) in [5.74, 6) is 1.90. The summed E-state index contributed by atoms with van der Waals surface area (Å²) in [5.41, 5.74) is 0.666. The van der Waals surface area contributed by atoms with Crippen molar-refractivity contribution < 1.29 is 20.4 Å². The maximum Gasteiger partial charge on any atom is 0.115 e. The van der Waals surface area contributed by atoms with Crippen molar-refractivity contribution in [3.8, 4) is 0 Å². The Hall–Kier alpha value is -1.72. The Kier molecular flexibility index (Phi) is 7.47. The molecular weight excluding hydrogens is 496 g/mol. The van der Waals surface area contributed by atoms with Gasteiger partial charge in [0.1, 0.15) is 5.60 Å². The molecule has 0 unspecified atom stereocenters.